The van der Waals surface area contributed by atoms with Gasteiger partial charge in [-0.1, -0.05) is 17.9 Å². The Morgan fingerprint density at radius 2 is 2.23 bits per heavy atom. The van der Waals surface area contributed by atoms with Crippen molar-refractivity contribution in [1.29, 1.82) is 0 Å². The number of carbonyl (C=O) groups is 2. The fourth-order valence-electron chi connectivity index (χ4n) is 2.11. The molecular weight excluding hydrogens is 280 g/mol. The Bertz CT molecular complexity index is 635. The van der Waals surface area contributed by atoms with E-state index in [-0.39, 0.29) is 11.8 Å². The summed E-state index contributed by atoms with van der Waals surface area (Å²) in [6.07, 6.45) is 1.50. The van der Waals surface area contributed by atoms with Crippen molar-refractivity contribution in [2.24, 2.45) is 0 Å². The fraction of sp³-hybridized carbons (Fsp3) is 0.412. The molecule has 3 N–H and O–H groups in total. The Kier molecular flexibility index (Phi) is 4.84. The van der Waals surface area contributed by atoms with Gasteiger partial charge in [0.2, 0.25) is 5.91 Å². The van der Waals surface area contributed by atoms with Crippen molar-refractivity contribution >= 4 is 11.8 Å². The number of amides is 2. The van der Waals surface area contributed by atoms with Crippen molar-refractivity contribution in [1.82, 2.24) is 10.6 Å². The lowest BCUT2D eigenvalue weighted by Crippen LogP contribution is -2.50. The van der Waals surface area contributed by atoms with Crippen molar-refractivity contribution in [3.8, 4) is 11.8 Å². The van der Waals surface area contributed by atoms with Gasteiger partial charge < -0.3 is 15.7 Å². The smallest absolute Gasteiger partial charge is 0.251 e. The minimum atomic E-state index is -1.08. The van der Waals surface area contributed by atoms with Crippen molar-refractivity contribution in [3.05, 3.63) is 35.4 Å². The number of aliphatic hydroxyl groups is 1. The molecule has 1 fully saturated rings. The highest BCUT2D eigenvalue weighted by Crippen LogP contribution is 2.08. The van der Waals surface area contributed by atoms with Crippen LogP contribution in [0, 0.1) is 11.8 Å². The molecule has 0 radical (unpaired) electrons. The average molecular weight is 300 g/mol. The minimum absolute atomic E-state index is 0.141. The summed E-state index contributed by atoms with van der Waals surface area (Å²) in [5.41, 5.74) is 0.00197. The van der Waals surface area contributed by atoms with Crippen molar-refractivity contribution < 1.29 is 14.7 Å². The van der Waals surface area contributed by atoms with Crippen LogP contribution in [-0.4, -0.2) is 35.1 Å². The summed E-state index contributed by atoms with van der Waals surface area (Å²) in [6, 6.07) is 6.33. The van der Waals surface area contributed by atoms with E-state index < -0.39 is 11.6 Å². The van der Waals surface area contributed by atoms with Gasteiger partial charge in [-0.05, 0) is 44.9 Å². The lowest BCUT2D eigenvalue weighted by Gasteiger charge is -2.22. The SMILES string of the molecule is CC(C)(O)C#Cc1cccc(C(=O)N[C@H]2CCCNC2=O)c1. The summed E-state index contributed by atoms with van der Waals surface area (Å²) >= 11 is 0. The van der Waals surface area contributed by atoms with E-state index in [9.17, 15) is 14.7 Å². The zero-order valence-corrected chi connectivity index (χ0v) is 12.8. The van der Waals surface area contributed by atoms with E-state index in [0.717, 1.165) is 6.42 Å². The molecule has 1 aromatic rings. The van der Waals surface area contributed by atoms with E-state index in [4.69, 9.17) is 0 Å². The second-order valence-electron chi connectivity index (χ2n) is 5.85. The quantitative estimate of drug-likeness (QED) is 0.708. The number of piperidine rings is 1. The first-order valence-electron chi connectivity index (χ1n) is 7.29. The van der Waals surface area contributed by atoms with E-state index in [1.165, 1.54) is 0 Å². The van der Waals surface area contributed by atoms with Crippen molar-refractivity contribution in [2.45, 2.75) is 38.3 Å². The van der Waals surface area contributed by atoms with Crippen LogP contribution in [0.2, 0.25) is 0 Å². The lowest BCUT2D eigenvalue weighted by atomic mass is 10.0. The first-order chi connectivity index (χ1) is 10.3. The molecule has 0 aliphatic carbocycles. The molecule has 1 aliphatic heterocycles. The summed E-state index contributed by atoms with van der Waals surface area (Å²) in [7, 11) is 0. The molecule has 5 nitrogen and oxygen atoms in total. The van der Waals surface area contributed by atoms with Gasteiger partial charge in [-0.3, -0.25) is 9.59 Å². The summed E-state index contributed by atoms with van der Waals surface area (Å²) in [4.78, 5) is 23.9. The van der Waals surface area contributed by atoms with Crippen LogP contribution < -0.4 is 10.6 Å². The van der Waals surface area contributed by atoms with Gasteiger partial charge in [-0.25, -0.2) is 0 Å². The zero-order chi connectivity index (χ0) is 16.2. The normalized spacial score (nSPS) is 18.0. The molecule has 0 aromatic heterocycles. The highest BCUT2D eigenvalue weighted by atomic mass is 16.3. The van der Waals surface area contributed by atoms with Crippen LogP contribution in [-0.2, 0) is 4.79 Å². The first kappa shape index (κ1) is 16.1. The maximum atomic E-state index is 12.2. The van der Waals surface area contributed by atoms with E-state index in [0.29, 0.717) is 24.1 Å². The predicted octanol–water partition coefficient (Wildman–Crippen LogP) is 0.817. The largest absolute Gasteiger partial charge is 0.378 e. The van der Waals surface area contributed by atoms with Crippen LogP contribution >= 0.6 is 0 Å². The molecule has 0 spiro atoms. The molecular formula is C17H20N2O3. The summed E-state index contributed by atoms with van der Waals surface area (Å²) < 4.78 is 0. The van der Waals surface area contributed by atoms with Gasteiger partial charge in [0.1, 0.15) is 11.6 Å². The molecule has 116 valence electrons. The Balaban J connectivity index is 2.09. The third-order valence-corrected chi connectivity index (χ3v) is 3.23. The van der Waals surface area contributed by atoms with Gasteiger partial charge in [0.25, 0.3) is 5.91 Å². The van der Waals surface area contributed by atoms with E-state index >= 15 is 0 Å². The Labute approximate surface area is 130 Å². The summed E-state index contributed by atoms with van der Waals surface area (Å²) in [5.74, 6) is 5.10. The number of benzene rings is 1. The first-order valence-corrected chi connectivity index (χ1v) is 7.29. The third kappa shape index (κ3) is 4.61. The highest BCUT2D eigenvalue weighted by Gasteiger charge is 2.23. The molecule has 1 saturated heterocycles. The maximum absolute atomic E-state index is 12.2. The number of hydrogen-bond donors (Lipinski definition) is 3. The van der Waals surface area contributed by atoms with Crippen LogP contribution in [0.3, 0.4) is 0 Å². The molecule has 0 bridgehead atoms. The molecule has 1 aromatic carbocycles. The van der Waals surface area contributed by atoms with Crippen molar-refractivity contribution in [2.75, 3.05) is 6.54 Å². The minimum Gasteiger partial charge on any atom is -0.378 e. The Hall–Kier alpha value is -2.32. The van der Waals surface area contributed by atoms with Gasteiger partial charge in [-0.2, -0.15) is 0 Å². The van der Waals surface area contributed by atoms with Crippen LogP contribution in [0.5, 0.6) is 0 Å². The Morgan fingerprint density at radius 3 is 2.91 bits per heavy atom. The number of carbonyl (C=O) groups excluding carboxylic acids is 2. The molecule has 1 heterocycles. The molecule has 22 heavy (non-hydrogen) atoms. The van der Waals surface area contributed by atoms with Gasteiger partial charge in [0, 0.05) is 17.7 Å². The second kappa shape index (κ2) is 6.63. The molecule has 5 heteroatoms. The van der Waals surface area contributed by atoms with Gasteiger partial charge in [-0.15, -0.1) is 0 Å². The van der Waals surface area contributed by atoms with E-state index in [1.54, 1.807) is 38.1 Å². The van der Waals surface area contributed by atoms with Crippen LogP contribution in [0.25, 0.3) is 0 Å². The van der Waals surface area contributed by atoms with E-state index in [1.807, 2.05) is 0 Å². The topological polar surface area (TPSA) is 78.4 Å². The zero-order valence-electron chi connectivity index (χ0n) is 12.8. The van der Waals surface area contributed by atoms with Crippen molar-refractivity contribution in [3.63, 3.8) is 0 Å². The summed E-state index contributed by atoms with van der Waals surface area (Å²) in [6.45, 7) is 3.85. The molecule has 2 rings (SSSR count). The number of hydrogen-bond acceptors (Lipinski definition) is 3. The van der Waals surface area contributed by atoms with Gasteiger partial charge >= 0.3 is 0 Å². The molecule has 1 atom stereocenters. The Morgan fingerprint density at radius 1 is 1.45 bits per heavy atom. The monoisotopic (exact) mass is 300 g/mol. The van der Waals surface area contributed by atoms with Crippen LogP contribution in [0.4, 0.5) is 0 Å². The maximum Gasteiger partial charge on any atom is 0.251 e. The highest BCUT2D eigenvalue weighted by molar-refractivity contribution is 5.97. The van der Waals surface area contributed by atoms with Gasteiger partial charge in [0.05, 0.1) is 0 Å². The summed E-state index contributed by atoms with van der Waals surface area (Å²) in [5, 5.41) is 15.1. The molecule has 2 amide bonds. The fourth-order valence-corrected chi connectivity index (χ4v) is 2.11. The molecule has 1 aliphatic rings. The average Bonchev–Trinajstić information content (AvgIpc) is 2.47. The lowest BCUT2D eigenvalue weighted by molar-refractivity contribution is -0.124. The number of nitrogens with one attached hydrogen (secondary N) is 2. The second-order valence-corrected chi connectivity index (χ2v) is 5.85. The van der Waals surface area contributed by atoms with Gasteiger partial charge in [0.15, 0.2) is 0 Å². The third-order valence-electron chi connectivity index (χ3n) is 3.23. The van der Waals surface area contributed by atoms with Crippen LogP contribution in [0.15, 0.2) is 24.3 Å². The molecule has 0 saturated carbocycles. The molecule has 0 unspecified atom stereocenters. The standard InChI is InChI=1S/C17H20N2O3/c1-17(2,22)9-8-12-5-3-6-13(11-12)15(20)19-14-7-4-10-18-16(14)21/h3,5-6,11,14,22H,4,7,10H2,1-2H3,(H,18,21)(H,19,20)/t14-/m0/s1. The van der Waals surface area contributed by atoms with Crippen LogP contribution in [0.1, 0.15) is 42.6 Å². The number of rotatable bonds is 2. The predicted molar refractivity (Wildman–Crippen MR) is 83.1 cm³/mol. The van der Waals surface area contributed by atoms with E-state index in [2.05, 4.69) is 22.5 Å².